The van der Waals surface area contributed by atoms with Crippen LogP contribution >= 0.6 is 11.3 Å². The van der Waals surface area contributed by atoms with E-state index in [4.69, 9.17) is 0 Å². The van der Waals surface area contributed by atoms with Gasteiger partial charge in [0.2, 0.25) is 15.9 Å². The molecule has 2 aromatic carbocycles. The van der Waals surface area contributed by atoms with Crippen LogP contribution in [0.4, 0.5) is 5.69 Å². The molecule has 9 heteroatoms. The number of nitrogens with one attached hydrogen (secondary N) is 2. The molecule has 2 amide bonds. The van der Waals surface area contributed by atoms with Crippen molar-refractivity contribution >= 4 is 48.9 Å². The molecule has 4 rings (SSSR count). The van der Waals surface area contributed by atoms with Crippen LogP contribution in [0, 0.1) is 11.8 Å². The monoisotopic (exact) mass is 497 g/mol. The summed E-state index contributed by atoms with van der Waals surface area (Å²) in [6, 6.07) is 15.7. The average molecular weight is 498 g/mol. The molecule has 1 aliphatic heterocycles. The highest BCUT2D eigenvalue weighted by Crippen LogP contribution is 2.29. The van der Waals surface area contributed by atoms with Crippen LogP contribution in [0.1, 0.15) is 23.5 Å². The van der Waals surface area contributed by atoms with Gasteiger partial charge in [-0.05, 0) is 59.7 Å². The van der Waals surface area contributed by atoms with Crippen molar-refractivity contribution in [3.05, 3.63) is 72.1 Å². The lowest BCUT2D eigenvalue weighted by Gasteiger charge is -2.40. The number of carbonyl (C=O) groups excluding carboxylic acids is 2. The SMILES string of the molecule is C=CC(=O)NC1C(C)CN(S(=O)(=O)c2ccc(NC(=O)c3cc4ccccc4s3)cc2)CC1C. The second-order valence-corrected chi connectivity index (χ2v) is 11.7. The molecule has 3 aromatic rings. The Balaban J connectivity index is 1.45. The number of hydrogen-bond acceptors (Lipinski definition) is 5. The van der Waals surface area contributed by atoms with Gasteiger partial charge in [-0.2, -0.15) is 4.31 Å². The summed E-state index contributed by atoms with van der Waals surface area (Å²) in [4.78, 5) is 25.1. The van der Waals surface area contributed by atoms with Gasteiger partial charge in [0.15, 0.2) is 0 Å². The van der Waals surface area contributed by atoms with Crippen molar-refractivity contribution in [1.82, 2.24) is 9.62 Å². The first-order chi connectivity index (χ1) is 16.2. The Labute approximate surface area is 203 Å². The fourth-order valence-corrected chi connectivity index (χ4v) is 6.95. The lowest BCUT2D eigenvalue weighted by atomic mass is 9.87. The second-order valence-electron chi connectivity index (χ2n) is 8.64. The number of amides is 2. The zero-order valence-electron chi connectivity index (χ0n) is 19.0. The summed E-state index contributed by atoms with van der Waals surface area (Å²) in [7, 11) is -3.71. The lowest BCUT2D eigenvalue weighted by molar-refractivity contribution is -0.118. The molecular weight excluding hydrogens is 470 g/mol. The number of hydrogen-bond donors (Lipinski definition) is 2. The Bertz CT molecular complexity index is 1290. The van der Waals surface area contributed by atoms with Crippen molar-refractivity contribution < 1.29 is 18.0 Å². The van der Waals surface area contributed by atoms with Crippen LogP contribution < -0.4 is 10.6 Å². The third-order valence-electron chi connectivity index (χ3n) is 6.10. The highest BCUT2D eigenvalue weighted by atomic mass is 32.2. The molecule has 178 valence electrons. The standard InChI is InChI=1S/C25H27N3O4S2/c1-4-23(29)27-24-16(2)14-28(15-17(24)3)34(31,32)20-11-9-19(10-12-20)26-25(30)22-13-18-7-5-6-8-21(18)33-22/h4-13,16-17,24H,1,14-15H2,2-3H3,(H,26,30)(H,27,29). The molecule has 1 aromatic heterocycles. The Kier molecular flexibility index (Phi) is 6.88. The molecule has 0 saturated carbocycles. The molecule has 1 fully saturated rings. The van der Waals surface area contributed by atoms with E-state index in [-0.39, 0.29) is 34.6 Å². The summed E-state index contributed by atoms with van der Waals surface area (Å²) in [6.45, 7) is 7.95. The summed E-state index contributed by atoms with van der Waals surface area (Å²) < 4.78 is 29.0. The van der Waals surface area contributed by atoms with Gasteiger partial charge < -0.3 is 10.6 Å². The number of thiophene rings is 1. The molecule has 7 nitrogen and oxygen atoms in total. The Morgan fingerprint density at radius 2 is 1.71 bits per heavy atom. The maximum absolute atomic E-state index is 13.3. The first-order valence-corrected chi connectivity index (χ1v) is 13.3. The van der Waals surface area contributed by atoms with E-state index in [1.54, 1.807) is 12.1 Å². The second kappa shape index (κ2) is 9.69. The topological polar surface area (TPSA) is 95.6 Å². The van der Waals surface area contributed by atoms with Crippen molar-refractivity contribution in [2.24, 2.45) is 11.8 Å². The molecule has 0 spiro atoms. The fourth-order valence-electron chi connectivity index (χ4n) is 4.35. The van der Waals surface area contributed by atoms with Gasteiger partial charge in [-0.25, -0.2) is 8.42 Å². The number of carbonyl (C=O) groups is 2. The molecule has 1 saturated heterocycles. The van der Waals surface area contributed by atoms with Crippen LogP contribution in [-0.4, -0.2) is 43.7 Å². The molecule has 1 aliphatic rings. The summed E-state index contributed by atoms with van der Waals surface area (Å²) >= 11 is 1.41. The van der Waals surface area contributed by atoms with Gasteiger partial charge in [0, 0.05) is 29.5 Å². The molecule has 34 heavy (non-hydrogen) atoms. The smallest absolute Gasteiger partial charge is 0.265 e. The predicted molar refractivity (Wildman–Crippen MR) is 135 cm³/mol. The minimum absolute atomic E-state index is 0.0534. The highest BCUT2D eigenvalue weighted by Gasteiger charge is 2.38. The van der Waals surface area contributed by atoms with Gasteiger partial charge >= 0.3 is 0 Å². The Morgan fingerprint density at radius 1 is 1.06 bits per heavy atom. The third-order valence-corrected chi connectivity index (χ3v) is 9.06. The van der Waals surface area contributed by atoms with Crippen LogP contribution in [0.25, 0.3) is 10.1 Å². The molecule has 0 radical (unpaired) electrons. The fraction of sp³-hybridized carbons (Fsp3) is 0.280. The van der Waals surface area contributed by atoms with E-state index < -0.39 is 10.0 Å². The van der Waals surface area contributed by atoms with E-state index in [1.807, 2.05) is 44.2 Å². The van der Waals surface area contributed by atoms with E-state index in [0.717, 1.165) is 10.1 Å². The molecule has 0 aliphatic carbocycles. The molecule has 2 atom stereocenters. The van der Waals surface area contributed by atoms with Gasteiger partial charge in [0.25, 0.3) is 5.91 Å². The molecule has 2 N–H and O–H groups in total. The lowest BCUT2D eigenvalue weighted by Crippen LogP contribution is -2.55. The van der Waals surface area contributed by atoms with Gasteiger partial charge in [0.1, 0.15) is 0 Å². The minimum atomic E-state index is -3.71. The predicted octanol–water partition coefficient (Wildman–Crippen LogP) is 4.10. The zero-order chi connectivity index (χ0) is 24.5. The average Bonchev–Trinajstić information content (AvgIpc) is 3.26. The van der Waals surface area contributed by atoms with Crippen molar-refractivity contribution in [1.29, 1.82) is 0 Å². The summed E-state index contributed by atoms with van der Waals surface area (Å²) in [5, 5.41) is 6.75. The van der Waals surface area contributed by atoms with Crippen LogP contribution in [0.5, 0.6) is 0 Å². The number of fused-ring (bicyclic) bond motifs is 1. The first-order valence-electron chi connectivity index (χ1n) is 11.0. The van der Waals surface area contributed by atoms with Crippen molar-refractivity contribution in [3.8, 4) is 0 Å². The van der Waals surface area contributed by atoms with Gasteiger partial charge in [0.05, 0.1) is 9.77 Å². The zero-order valence-corrected chi connectivity index (χ0v) is 20.7. The number of sulfonamides is 1. The van der Waals surface area contributed by atoms with Gasteiger partial charge in [-0.1, -0.05) is 38.6 Å². The molecular formula is C25H27N3O4S2. The van der Waals surface area contributed by atoms with E-state index in [9.17, 15) is 18.0 Å². The number of piperidine rings is 1. The Morgan fingerprint density at radius 3 is 2.32 bits per heavy atom. The number of anilines is 1. The molecule has 2 heterocycles. The van der Waals surface area contributed by atoms with Gasteiger partial charge in [-0.15, -0.1) is 11.3 Å². The van der Waals surface area contributed by atoms with Crippen LogP contribution in [0.3, 0.4) is 0 Å². The van der Waals surface area contributed by atoms with E-state index in [1.165, 1.54) is 33.9 Å². The van der Waals surface area contributed by atoms with Crippen molar-refractivity contribution in [2.75, 3.05) is 18.4 Å². The van der Waals surface area contributed by atoms with E-state index in [2.05, 4.69) is 17.2 Å². The largest absolute Gasteiger partial charge is 0.349 e. The van der Waals surface area contributed by atoms with E-state index >= 15 is 0 Å². The van der Waals surface area contributed by atoms with Crippen LogP contribution in [-0.2, 0) is 14.8 Å². The minimum Gasteiger partial charge on any atom is -0.349 e. The first kappa shape index (κ1) is 24.1. The molecule has 0 bridgehead atoms. The van der Waals surface area contributed by atoms with Gasteiger partial charge in [-0.3, -0.25) is 9.59 Å². The maximum Gasteiger partial charge on any atom is 0.265 e. The van der Waals surface area contributed by atoms with Crippen LogP contribution in [0.15, 0.2) is 72.1 Å². The normalized spacial score (nSPS) is 21.2. The van der Waals surface area contributed by atoms with E-state index in [0.29, 0.717) is 23.7 Å². The maximum atomic E-state index is 13.3. The summed E-state index contributed by atoms with van der Waals surface area (Å²) in [6.07, 6.45) is 1.23. The quantitative estimate of drug-likeness (QED) is 0.501. The highest BCUT2D eigenvalue weighted by molar-refractivity contribution is 7.89. The number of nitrogens with zero attached hydrogens (tertiary/aromatic N) is 1. The molecule has 2 unspecified atom stereocenters. The number of rotatable bonds is 6. The van der Waals surface area contributed by atoms with Crippen molar-refractivity contribution in [2.45, 2.75) is 24.8 Å². The Hall–Kier alpha value is -3.01. The third kappa shape index (κ3) is 4.91. The van der Waals surface area contributed by atoms with Crippen LogP contribution in [0.2, 0.25) is 0 Å². The summed E-state index contributed by atoms with van der Waals surface area (Å²) in [5.74, 6) is -0.596. The van der Waals surface area contributed by atoms with Crippen molar-refractivity contribution in [3.63, 3.8) is 0 Å². The summed E-state index contributed by atoms with van der Waals surface area (Å²) in [5.41, 5.74) is 0.522. The number of benzene rings is 2.